The lowest BCUT2D eigenvalue weighted by atomic mass is 9.87. The largest absolute Gasteiger partial charge is 0.493 e. The van der Waals surface area contributed by atoms with Crippen molar-refractivity contribution in [2.45, 2.75) is 12.5 Å². The minimum atomic E-state index is -0.343. The van der Waals surface area contributed by atoms with E-state index in [0.29, 0.717) is 35.1 Å². The number of aromatic amines is 1. The summed E-state index contributed by atoms with van der Waals surface area (Å²) in [4.78, 5) is 19.0. The highest BCUT2D eigenvalue weighted by Gasteiger charge is 2.35. The molecule has 0 saturated carbocycles. The second kappa shape index (κ2) is 8.24. The van der Waals surface area contributed by atoms with Gasteiger partial charge in [-0.25, -0.2) is 0 Å². The van der Waals surface area contributed by atoms with Crippen LogP contribution in [-0.2, 0) is 6.42 Å². The molecule has 1 N–H and O–H groups in total. The predicted molar refractivity (Wildman–Crippen MR) is 126 cm³/mol. The third kappa shape index (κ3) is 3.30. The molecule has 6 heteroatoms. The van der Waals surface area contributed by atoms with E-state index in [1.54, 1.807) is 14.2 Å². The SMILES string of the molecule is COc1cc2c(cc1OC)[C@@H](c1ccccc1Cl)N(C(=O)c1cccc3cc[nH]c13)CC2. The van der Waals surface area contributed by atoms with Gasteiger partial charge in [0.2, 0.25) is 0 Å². The Kier molecular flexibility index (Phi) is 5.27. The molecule has 0 fully saturated rings. The van der Waals surface area contributed by atoms with Crippen molar-refractivity contribution in [2.75, 3.05) is 20.8 Å². The van der Waals surface area contributed by atoms with E-state index in [1.807, 2.05) is 71.8 Å². The maximum absolute atomic E-state index is 13.9. The number of amides is 1. The van der Waals surface area contributed by atoms with Gasteiger partial charge >= 0.3 is 0 Å². The molecule has 0 radical (unpaired) electrons. The molecule has 0 bridgehead atoms. The van der Waals surface area contributed by atoms with Crippen LogP contribution in [0.5, 0.6) is 11.5 Å². The van der Waals surface area contributed by atoms with Gasteiger partial charge < -0.3 is 19.4 Å². The maximum atomic E-state index is 13.9. The highest BCUT2D eigenvalue weighted by molar-refractivity contribution is 6.31. The molecule has 4 aromatic rings. The zero-order chi connectivity index (χ0) is 22.2. The van der Waals surface area contributed by atoms with E-state index in [0.717, 1.165) is 27.6 Å². The lowest BCUT2D eigenvalue weighted by Gasteiger charge is -2.38. The van der Waals surface area contributed by atoms with Crippen molar-refractivity contribution in [1.82, 2.24) is 9.88 Å². The first-order valence-corrected chi connectivity index (χ1v) is 10.9. The van der Waals surface area contributed by atoms with Gasteiger partial charge in [0.15, 0.2) is 11.5 Å². The topological polar surface area (TPSA) is 54.6 Å². The minimum Gasteiger partial charge on any atom is -0.493 e. The van der Waals surface area contributed by atoms with Crippen molar-refractivity contribution < 1.29 is 14.3 Å². The number of para-hydroxylation sites is 1. The fraction of sp³-hybridized carbons (Fsp3) is 0.192. The second-order valence-corrected chi connectivity index (χ2v) is 8.23. The number of aromatic nitrogens is 1. The van der Waals surface area contributed by atoms with Gasteiger partial charge in [0.05, 0.1) is 31.3 Å². The zero-order valence-corrected chi connectivity index (χ0v) is 18.6. The molecular weight excluding hydrogens is 424 g/mol. The first-order chi connectivity index (χ1) is 15.6. The van der Waals surface area contributed by atoms with E-state index in [2.05, 4.69) is 4.98 Å². The number of nitrogens with one attached hydrogen (secondary N) is 1. The number of ether oxygens (including phenoxy) is 2. The quantitative estimate of drug-likeness (QED) is 0.442. The summed E-state index contributed by atoms with van der Waals surface area (Å²) in [5, 5.41) is 1.63. The van der Waals surface area contributed by atoms with Gasteiger partial charge in [0, 0.05) is 23.2 Å². The van der Waals surface area contributed by atoms with E-state index in [1.165, 1.54) is 0 Å². The van der Waals surface area contributed by atoms with Gasteiger partial charge in [-0.1, -0.05) is 41.9 Å². The number of rotatable bonds is 4. The van der Waals surface area contributed by atoms with Crippen LogP contribution in [0.25, 0.3) is 10.9 Å². The molecule has 1 aliphatic rings. The van der Waals surface area contributed by atoms with E-state index < -0.39 is 0 Å². The van der Waals surface area contributed by atoms with Crippen LogP contribution in [0.15, 0.2) is 66.9 Å². The third-order valence-corrected chi connectivity index (χ3v) is 6.50. The lowest BCUT2D eigenvalue weighted by Crippen LogP contribution is -2.41. The predicted octanol–water partition coefficient (Wildman–Crippen LogP) is 5.63. The Morgan fingerprint density at radius 1 is 1.00 bits per heavy atom. The van der Waals surface area contributed by atoms with E-state index in [-0.39, 0.29) is 11.9 Å². The highest BCUT2D eigenvalue weighted by atomic mass is 35.5. The Morgan fingerprint density at radius 2 is 1.78 bits per heavy atom. The first-order valence-electron chi connectivity index (χ1n) is 10.5. The molecule has 1 aliphatic heterocycles. The lowest BCUT2D eigenvalue weighted by molar-refractivity contribution is 0.0696. The van der Waals surface area contributed by atoms with Gasteiger partial charge in [-0.3, -0.25) is 4.79 Å². The van der Waals surface area contributed by atoms with Gasteiger partial charge in [-0.05, 0) is 53.4 Å². The summed E-state index contributed by atoms with van der Waals surface area (Å²) in [6, 6.07) is 19.1. The monoisotopic (exact) mass is 446 g/mol. The Hall–Kier alpha value is -3.44. The number of carbonyl (C=O) groups excluding carboxylic acids is 1. The average Bonchev–Trinajstić information content (AvgIpc) is 3.31. The van der Waals surface area contributed by atoms with Crippen molar-refractivity contribution in [2.24, 2.45) is 0 Å². The molecule has 162 valence electrons. The molecule has 1 amide bonds. The number of nitrogens with zero attached hydrogens (tertiary/aromatic N) is 1. The van der Waals surface area contributed by atoms with Crippen LogP contribution in [0.1, 0.15) is 33.1 Å². The summed E-state index contributed by atoms with van der Waals surface area (Å²) < 4.78 is 11.1. The molecule has 32 heavy (non-hydrogen) atoms. The fourth-order valence-corrected chi connectivity index (χ4v) is 4.85. The number of methoxy groups -OCH3 is 2. The number of halogens is 1. The van der Waals surface area contributed by atoms with Crippen LogP contribution in [0.2, 0.25) is 5.02 Å². The first kappa shape index (κ1) is 20.5. The fourth-order valence-electron chi connectivity index (χ4n) is 4.61. The number of H-pyrrole nitrogens is 1. The van der Waals surface area contributed by atoms with Crippen LogP contribution in [0.3, 0.4) is 0 Å². The Bertz CT molecular complexity index is 1310. The molecule has 3 aromatic carbocycles. The number of fused-ring (bicyclic) bond motifs is 2. The molecule has 5 nitrogen and oxygen atoms in total. The molecule has 0 aliphatic carbocycles. The van der Waals surface area contributed by atoms with E-state index >= 15 is 0 Å². The second-order valence-electron chi connectivity index (χ2n) is 7.83. The van der Waals surface area contributed by atoms with E-state index in [9.17, 15) is 4.79 Å². The van der Waals surface area contributed by atoms with Crippen LogP contribution in [0, 0.1) is 0 Å². The smallest absolute Gasteiger partial charge is 0.256 e. The molecule has 0 saturated heterocycles. The highest BCUT2D eigenvalue weighted by Crippen LogP contribution is 2.43. The zero-order valence-electron chi connectivity index (χ0n) is 17.9. The Balaban J connectivity index is 1.69. The van der Waals surface area contributed by atoms with Crippen molar-refractivity contribution in [3.05, 3.63) is 94.1 Å². The standard InChI is InChI=1S/C26H23ClN2O3/c1-31-22-14-17-11-13-29(26(30)19-8-5-6-16-10-12-28-24(16)19)25(20(17)15-23(22)32-2)18-7-3-4-9-21(18)27/h3-10,12,14-15,25,28H,11,13H2,1-2H3/t25-/m1/s1. The van der Waals surface area contributed by atoms with Gasteiger partial charge in [-0.15, -0.1) is 0 Å². The maximum Gasteiger partial charge on any atom is 0.256 e. The number of hydrogen-bond donors (Lipinski definition) is 1. The Morgan fingerprint density at radius 3 is 2.56 bits per heavy atom. The van der Waals surface area contributed by atoms with Gasteiger partial charge in [0.25, 0.3) is 5.91 Å². The van der Waals surface area contributed by atoms with Crippen LogP contribution < -0.4 is 9.47 Å². The summed E-state index contributed by atoms with van der Waals surface area (Å²) >= 11 is 6.65. The van der Waals surface area contributed by atoms with Crippen LogP contribution in [-0.4, -0.2) is 36.6 Å². The van der Waals surface area contributed by atoms with Crippen molar-refractivity contribution in [3.8, 4) is 11.5 Å². The third-order valence-electron chi connectivity index (χ3n) is 6.15. The summed E-state index contributed by atoms with van der Waals surface area (Å²) in [5.41, 5.74) is 4.49. The number of benzene rings is 3. The van der Waals surface area contributed by atoms with E-state index in [4.69, 9.17) is 21.1 Å². The normalized spacial score (nSPS) is 15.5. The molecule has 0 unspecified atom stereocenters. The van der Waals surface area contributed by atoms with Crippen LogP contribution in [0.4, 0.5) is 0 Å². The average molecular weight is 447 g/mol. The summed E-state index contributed by atoms with van der Waals surface area (Å²) in [5.74, 6) is 1.27. The molecule has 5 rings (SSSR count). The van der Waals surface area contributed by atoms with Gasteiger partial charge in [-0.2, -0.15) is 0 Å². The molecule has 1 aromatic heterocycles. The van der Waals surface area contributed by atoms with Crippen LogP contribution >= 0.6 is 11.6 Å². The van der Waals surface area contributed by atoms with Crippen molar-refractivity contribution in [1.29, 1.82) is 0 Å². The number of carbonyl (C=O) groups is 1. The summed E-state index contributed by atoms with van der Waals surface area (Å²) in [6.07, 6.45) is 2.57. The molecule has 2 heterocycles. The van der Waals surface area contributed by atoms with Gasteiger partial charge in [0.1, 0.15) is 0 Å². The molecule has 0 spiro atoms. The molecular formula is C26H23ClN2O3. The minimum absolute atomic E-state index is 0.0385. The Labute approximate surface area is 191 Å². The summed E-state index contributed by atoms with van der Waals surface area (Å²) in [6.45, 7) is 0.564. The summed E-state index contributed by atoms with van der Waals surface area (Å²) in [7, 11) is 3.25. The van der Waals surface area contributed by atoms with Crippen molar-refractivity contribution >= 4 is 28.4 Å². The number of hydrogen-bond acceptors (Lipinski definition) is 3. The van der Waals surface area contributed by atoms with Crippen molar-refractivity contribution in [3.63, 3.8) is 0 Å². The molecule has 1 atom stereocenters.